The highest BCUT2D eigenvalue weighted by Gasteiger charge is 2.32. The number of carbonyl (C=O) groups excluding carboxylic acids is 3. The van der Waals surface area contributed by atoms with Crippen LogP contribution >= 0.6 is 0 Å². The number of hydrogen-bond donors (Lipinski definition) is 1. The van der Waals surface area contributed by atoms with Gasteiger partial charge in [0.2, 0.25) is 11.8 Å². The van der Waals surface area contributed by atoms with Gasteiger partial charge in [-0.25, -0.2) is 0 Å². The molecule has 0 radical (unpaired) electrons. The zero-order valence-corrected chi connectivity index (χ0v) is 17.0. The average molecular weight is 402 g/mol. The number of likely N-dealkylation sites (tertiary alicyclic amines) is 1. The van der Waals surface area contributed by atoms with Gasteiger partial charge in [0.1, 0.15) is 11.8 Å². The van der Waals surface area contributed by atoms with Crippen molar-refractivity contribution in [2.75, 3.05) is 20.2 Å². The van der Waals surface area contributed by atoms with Crippen molar-refractivity contribution in [3.05, 3.63) is 29.8 Å². The van der Waals surface area contributed by atoms with Crippen molar-refractivity contribution >= 4 is 17.8 Å². The topological polar surface area (TPSA) is 84.9 Å². The minimum Gasteiger partial charge on any atom is -0.490 e. The fourth-order valence-corrected chi connectivity index (χ4v) is 3.92. The molecule has 1 atom stereocenters. The van der Waals surface area contributed by atoms with E-state index < -0.39 is 6.04 Å². The molecule has 0 unspecified atom stereocenters. The molecule has 0 aromatic heterocycles. The molecule has 1 saturated heterocycles. The number of methoxy groups -OCH3 is 1. The van der Waals surface area contributed by atoms with Crippen molar-refractivity contribution in [1.82, 2.24) is 10.2 Å². The number of nitrogens with zero attached hydrogens (tertiary/aromatic N) is 1. The van der Waals surface area contributed by atoms with Crippen molar-refractivity contribution < 1.29 is 23.9 Å². The number of hydrogen-bond acceptors (Lipinski definition) is 5. The van der Waals surface area contributed by atoms with Gasteiger partial charge in [0.15, 0.2) is 0 Å². The molecule has 2 aliphatic rings. The summed E-state index contributed by atoms with van der Waals surface area (Å²) in [5.74, 6) is 0.251. The zero-order valence-electron chi connectivity index (χ0n) is 17.0. The first-order valence-electron chi connectivity index (χ1n) is 10.5. The van der Waals surface area contributed by atoms with Gasteiger partial charge in [0.25, 0.3) is 0 Å². The van der Waals surface area contributed by atoms with Gasteiger partial charge >= 0.3 is 5.97 Å². The van der Waals surface area contributed by atoms with Crippen LogP contribution in [0.5, 0.6) is 5.75 Å². The first-order valence-corrected chi connectivity index (χ1v) is 10.5. The summed E-state index contributed by atoms with van der Waals surface area (Å²) >= 11 is 0. The summed E-state index contributed by atoms with van der Waals surface area (Å²) < 4.78 is 10.6. The Bertz CT molecular complexity index is 730. The molecule has 1 aliphatic carbocycles. The van der Waals surface area contributed by atoms with Crippen LogP contribution in [0.2, 0.25) is 0 Å². The van der Waals surface area contributed by atoms with Gasteiger partial charge in [0.05, 0.1) is 19.6 Å². The maximum Gasteiger partial charge on any atom is 0.307 e. The lowest BCUT2D eigenvalue weighted by molar-refractivity contribution is -0.141. The average Bonchev–Trinajstić information content (AvgIpc) is 3.35. The SMILES string of the molecule is COC(=O)CCN1CC[C@@H](NC(=O)CCc2cccc(OC3CCCC3)c2)C1=O. The minimum atomic E-state index is -0.503. The molecule has 7 nitrogen and oxygen atoms in total. The Morgan fingerprint density at radius 2 is 1.97 bits per heavy atom. The van der Waals surface area contributed by atoms with E-state index in [0.29, 0.717) is 38.5 Å². The highest BCUT2D eigenvalue weighted by molar-refractivity contribution is 5.89. The standard InChI is InChI=1S/C22H30N2O5/c1-28-21(26)12-14-24-13-11-19(22(24)27)23-20(25)10-9-16-5-4-8-18(15-16)29-17-6-2-3-7-17/h4-5,8,15,17,19H,2-3,6-7,9-14H2,1H3,(H,23,25)/t19-/m1/s1. The Labute approximate surface area is 171 Å². The van der Waals surface area contributed by atoms with Crippen molar-refractivity contribution in [3.63, 3.8) is 0 Å². The van der Waals surface area contributed by atoms with E-state index in [1.165, 1.54) is 20.0 Å². The van der Waals surface area contributed by atoms with E-state index in [1.54, 1.807) is 4.90 Å². The monoisotopic (exact) mass is 402 g/mol. The molecule has 1 aromatic carbocycles. The van der Waals surface area contributed by atoms with E-state index in [-0.39, 0.29) is 24.2 Å². The first-order chi connectivity index (χ1) is 14.0. The van der Waals surface area contributed by atoms with E-state index in [2.05, 4.69) is 10.1 Å². The predicted molar refractivity (Wildman–Crippen MR) is 107 cm³/mol. The van der Waals surface area contributed by atoms with Crippen molar-refractivity contribution in [1.29, 1.82) is 0 Å². The maximum absolute atomic E-state index is 12.4. The summed E-state index contributed by atoms with van der Waals surface area (Å²) in [5.41, 5.74) is 1.05. The van der Waals surface area contributed by atoms with Gasteiger partial charge in [-0.2, -0.15) is 0 Å². The molecule has 1 heterocycles. The molecule has 1 aliphatic heterocycles. The Kier molecular flexibility index (Phi) is 7.49. The van der Waals surface area contributed by atoms with Crippen LogP contribution in [0.4, 0.5) is 0 Å². The molecule has 29 heavy (non-hydrogen) atoms. The number of nitrogens with one attached hydrogen (secondary N) is 1. The van der Waals surface area contributed by atoms with Crippen molar-refractivity contribution in [2.24, 2.45) is 0 Å². The van der Waals surface area contributed by atoms with E-state index >= 15 is 0 Å². The number of amides is 2. The van der Waals surface area contributed by atoms with Crippen LogP contribution in [-0.4, -0.2) is 55.0 Å². The molecule has 1 saturated carbocycles. The van der Waals surface area contributed by atoms with Crippen LogP contribution in [0.25, 0.3) is 0 Å². The molecule has 2 amide bonds. The summed E-state index contributed by atoms with van der Waals surface area (Å²) in [6, 6.07) is 7.40. The van der Waals surface area contributed by atoms with Gasteiger partial charge in [-0.05, 0) is 56.2 Å². The van der Waals surface area contributed by atoms with Crippen LogP contribution in [0.3, 0.4) is 0 Å². The van der Waals surface area contributed by atoms with Crippen molar-refractivity contribution in [2.45, 2.75) is 63.5 Å². The summed E-state index contributed by atoms with van der Waals surface area (Å²) in [4.78, 5) is 37.5. The fraction of sp³-hybridized carbons (Fsp3) is 0.591. The Hall–Kier alpha value is -2.57. The normalized spacial score (nSPS) is 19.4. The second-order valence-electron chi connectivity index (χ2n) is 7.73. The molecule has 0 bridgehead atoms. The van der Waals surface area contributed by atoms with Crippen LogP contribution < -0.4 is 10.1 Å². The summed E-state index contributed by atoms with van der Waals surface area (Å²) in [6.07, 6.45) is 6.63. The van der Waals surface area contributed by atoms with Crippen molar-refractivity contribution in [3.8, 4) is 5.75 Å². The highest BCUT2D eigenvalue weighted by atomic mass is 16.5. The van der Waals surface area contributed by atoms with Crippen LogP contribution in [-0.2, 0) is 25.5 Å². The molecule has 2 fully saturated rings. The number of benzene rings is 1. The van der Waals surface area contributed by atoms with Gasteiger partial charge in [0, 0.05) is 19.5 Å². The van der Waals surface area contributed by atoms with E-state index in [4.69, 9.17) is 4.74 Å². The fourth-order valence-electron chi connectivity index (χ4n) is 3.92. The molecule has 158 valence electrons. The van der Waals surface area contributed by atoms with Gasteiger partial charge in [-0.15, -0.1) is 0 Å². The smallest absolute Gasteiger partial charge is 0.307 e. The molecule has 3 rings (SSSR count). The van der Waals surface area contributed by atoms with Gasteiger partial charge in [-0.1, -0.05) is 12.1 Å². The molecular weight excluding hydrogens is 372 g/mol. The highest BCUT2D eigenvalue weighted by Crippen LogP contribution is 2.25. The third kappa shape index (κ3) is 6.21. The van der Waals surface area contributed by atoms with E-state index in [1.807, 2.05) is 24.3 Å². The van der Waals surface area contributed by atoms with Crippen LogP contribution in [0.15, 0.2) is 24.3 Å². The summed E-state index contributed by atoms with van der Waals surface area (Å²) in [6.45, 7) is 0.868. The molecule has 0 spiro atoms. The number of esters is 1. The number of carbonyl (C=O) groups is 3. The first kappa shape index (κ1) is 21.1. The van der Waals surface area contributed by atoms with Gasteiger partial charge in [-0.3, -0.25) is 14.4 Å². The third-order valence-electron chi connectivity index (χ3n) is 5.59. The second kappa shape index (κ2) is 10.3. The summed E-state index contributed by atoms with van der Waals surface area (Å²) in [5, 5.41) is 2.83. The quantitative estimate of drug-likeness (QED) is 0.640. The van der Waals surface area contributed by atoms with E-state index in [0.717, 1.165) is 24.2 Å². The molecule has 7 heteroatoms. The minimum absolute atomic E-state index is 0.130. The lowest BCUT2D eigenvalue weighted by Gasteiger charge is -2.16. The number of aryl methyl sites for hydroxylation is 1. The third-order valence-corrected chi connectivity index (χ3v) is 5.59. The number of rotatable bonds is 9. The molecule has 1 aromatic rings. The number of ether oxygens (including phenoxy) is 2. The molecule has 1 N–H and O–H groups in total. The van der Waals surface area contributed by atoms with Crippen LogP contribution in [0.1, 0.15) is 50.5 Å². The molecular formula is C22H30N2O5. The van der Waals surface area contributed by atoms with E-state index in [9.17, 15) is 14.4 Å². The summed E-state index contributed by atoms with van der Waals surface area (Å²) in [7, 11) is 1.33. The Morgan fingerprint density at radius 3 is 2.72 bits per heavy atom. The lowest BCUT2D eigenvalue weighted by atomic mass is 10.1. The predicted octanol–water partition coefficient (Wildman–Crippen LogP) is 2.22. The second-order valence-corrected chi connectivity index (χ2v) is 7.73. The van der Waals surface area contributed by atoms with Crippen LogP contribution in [0, 0.1) is 0 Å². The Morgan fingerprint density at radius 1 is 1.17 bits per heavy atom. The largest absolute Gasteiger partial charge is 0.490 e. The lowest BCUT2D eigenvalue weighted by Crippen LogP contribution is -2.42. The zero-order chi connectivity index (χ0) is 20.6. The van der Waals surface area contributed by atoms with Gasteiger partial charge < -0.3 is 19.7 Å². The Balaban J connectivity index is 1.42. The maximum atomic E-state index is 12.4.